The van der Waals surface area contributed by atoms with E-state index in [1.807, 2.05) is 44.2 Å². The Morgan fingerprint density at radius 1 is 0.943 bits per heavy atom. The van der Waals surface area contributed by atoms with Crippen molar-refractivity contribution in [1.29, 1.82) is 0 Å². The third-order valence-corrected chi connectivity index (χ3v) is 5.85. The maximum atomic E-state index is 13.3. The molecule has 3 rings (SSSR count). The molecule has 3 aromatic rings. The van der Waals surface area contributed by atoms with Crippen molar-refractivity contribution in [2.24, 2.45) is 17.8 Å². The van der Waals surface area contributed by atoms with Crippen LogP contribution in [0.5, 0.6) is 0 Å². The fraction of sp³-hybridized carbons (Fsp3) is 0.360. The third-order valence-electron chi connectivity index (χ3n) is 5.85. The number of aryl methyl sites for hydroxylation is 1. The molecule has 10 nitrogen and oxygen atoms in total. The van der Waals surface area contributed by atoms with E-state index in [2.05, 4.69) is 10.5 Å². The number of nitrogens with one attached hydrogen (secondary N) is 3. The zero-order chi connectivity index (χ0) is 25.4. The predicted molar refractivity (Wildman–Crippen MR) is 131 cm³/mol. The lowest BCUT2D eigenvalue weighted by atomic mass is 9.81. The highest BCUT2D eigenvalue weighted by atomic mass is 16.5. The van der Waals surface area contributed by atoms with Crippen LogP contribution in [0.2, 0.25) is 0 Å². The fourth-order valence-corrected chi connectivity index (χ4v) is 4.15. The lowest BCUT2D eigenvalue weighted by Gasteiger charge is -2.26. The highest BCUT2D eigenvalue weighted by Gasteiger charge is 2.34. The van der Waals surface area contributed by atoms with Gasteiger partial charge in [-0.15, -0.1) is 4.68 Å². The number of amides is 2. The van der Waals surface area contributed by atoms with E-state index in [4.69, 9.17) is 0 Å². The summed E-state index contributed by atoms with van der Waals surface area (Å²) in [5.41, 5.74) is 3.99. The maximum Gasteiger partial charge on any atom is 0.371 e. The van der Waals surface area contributed by atoms with Gasteiger partial charge in [-0.1, -0.05) is 62.4 Å². The van der Waals surface area contributed by atoms with Crippen LogP contribution in [-0.4, -0.2) is 31.5 Å². The Balaban J connectivity index is 1.83. The number of aromatic nitrogens is 3. The number of H-pyrrole nitrogens is 1. The number of nitrogens with zero attached hydrogens (tertiary/aromatic N) is 2. The lowest BCUT2D eigenvalue weighted by molar-refractivity contribution is -0.139. The molecule has 10 heteroatoms. The van der Waals surface area contributed by atoms with Crippen LogP contribution in [0, 0.1) is 17.8 Å². The lowest BCUT2D eigenvalue weighted by Crippen LogP contribution is -2.46. The molecule has 0 fully saturated rings. The summed E-state index contributed by atoms with van der Waals surface area (Å²) in [6, 6.07) is 18.2. The van der Waals surface area contributed by atoms with Crippen molar-refractivity contribution in [1.82, 2.24) is 19.9 Å². The first-order valence-corrected chi connectivity index (χ1v) is 11.6. The normalized spacial score (nSPS) is 12.8. The molecule has 1 unspecified atom stereocenters. The van der Waals surface area contributed by atoms with Crippen molar-refractivity contribution >= 4 is 11.8 Å². The molecule has 35 heavy (non-hydrogen) atoms. The minimum atomic E-state index is -0.871. The molecule has 0 aliphatic rings. The Morgan fingerprint density at radius 2 is 1.57 bits per heavy atom. The Bertz CT molecular complexity index is 1230. The molecule has 0 spiro atoms. The number of para-hydroxylation sites is 1. The van der Waals surface area contributed by atoms with Crippen LogP contribution >= 0.6 is 0 Å². The summed E-state index contributed by atoms with van der Waals surface area (Å²) in [5, 5.41) is 11.8. The number of hydrogen-bond donors (Lipinski definition) is 4. The van der Waals surface area contributed by atoms with Crippen molar-refractivity contribution in [2.45, 2.75) is 39.5 Å². The van der Waals surface area contributed by atoms with Gasteiger partial charge >= 0.3 is 11.4 Å². The molecular formula is C25H31N5O5. The molecule has 0 aliphatic carbocycles. The Hall–Kier alpha value is -3.92. The predicted octanol–water partition coefficient (Wildman–Crippen LogP) is 2.20. The minimum absolute atomic E-state index is 0.0396. The second-order valence-electron chi connectivity index (χ2n) is 8.88. The topological polar surface area (TPSA) is 138 Å². The van der Waals surface area contributed by atoms with E-state index in [1.165, 1.54) is 0 Å². The van der Waals surface area contributed by atoms with E-state index in [0.717, 1.165) is 10.2 Å². The molecule has 0 aliphatic heterocycles. The summed E-state index contributed by atoms with van der Waals surface area (Å²) in [6.45, 7) is 3.81. The number of hydrogen-bond acceptors (Lipinski definition) is 5. The van der Waals surface area contributed by atoms with E-state index >= 15 is 0 Å². The van der Waals surface area contributed by atoms with Gasteiger partial charge in [0.2, 0.25) is 11.8 Å². The first-order chi connectivity index (χ1) is 16.8. The molecule has 1 aromatic heterocycles. The summed E-state index contributed by atoms with van der Waals surface area (Å²) in [4.78, 5) is 51.2. The summed E-state index contributed by atoms with van der Waals surface area (Å²) in [5.74, 6) is -3.01. The molecule has 4 N–H and O–H groups in total. The van der Waals surface area contributed by atoms with E-state index in [-0.39, 0.29) is 5.92 Å². The maximum absolute atomic E-state index is 13.3. The molecule has 1 heterocycles. The van der Waals surface area contributed by atoms with Crippen molar-refractivity contribution in [3.63, 3.8) is 0 Å². The standard InChI is InChI=1S/C25H31N5O5/c1-17(2)16-21(20(23(32)28-35)15-9-12-18-10-5-3-6-11-18)22(31)26-30-24(33)27-29(25(30)34)19-13-7-4-8-14-19/h3-8,10-11,13-14,17,20-21,35H,9,12,15-16H2,1-2H3,(H,26,31)(H,27,33)(H,28,32)/t20-,21?/m1/s1. The SMILES string of the molecule is CC(C)CC(C(=O)Nn1c(=O)[nH]n(-c2ccccc2)c1=O)[C@@H](CCCc1ccccc1)C(=O)NO. The van der Waals surface area contributed by atoms with Crippen molar-refractivity contribution in [2.75, 3.05) is 5.43 Å². The van der Waals surface area contributed by atoms with Gasteiger partial charge in [0.05, 0.1) is 17.5 Å². The molecule has 186 valence electrons. The average Bonchev–Trinajstić information content (AvgIpc) is 3.14. The second kappa shape index (κ2) is 12.0. The van der Waals surface area contributed by atoms with Gasteiger partial charge < -0.3 is 0 Å². The number of aromatic amines is 1. The molecule has 0 saturated carbocycles. The van der Waals surface area contributed by atoms with E-state index in [1.54, 1.807) is 35.8 Å². The molecule has 0 bridgehead atoms. The monoisotopic (exact) mass is 481 g/mol. The third kappa shape index (κ3) is 6.57. The highest BCUT2D eigenvalue weighted by Crippen LogP contribution is 2.26. The van der Waals surface area contributed by atoms with Crippen molar-refractivity contribution in [3.05, 3.63) is 87.2 Å². The number of rotatable bonds is 11. The van der Waals surface area contributed by atoms with Gasteiger partial charge in [0.1, 0.15) is 0 Å². The van der Waals surface area contributed by atoms with Crippen LogP contribution in [0.1, 0.15) is 38.7 Å². The van der Waals surface area contributed by atoms with Crippen molar-refractivity contribution < 1.29 is 14.8 Å². The molecule has 2 atom stereocenters. The van der Waals surface area contributed by atoms with E-state index < -0.39 is 35.0 Å². The van der Waals surface area contributed by atoms with Crippen LogP contribution in [0.4, 0.5) is 0 Å². The van der Waals surface area contributed by atoms with Crippen LogP contribution in [0.15, 0.2) is 70.3 Å². The van der Waals surface area contributed by atoms with Crippen LogP contribution in [0.25, 0.3) is 5.69 Å². The molecule has 2 aromatic carbocycles. The largest absolute Gasteiger partial charge is 0.371 e. The van der Waals surface area contributed by atoms with E-state index in [9.17, 15) is 24.4 Å². The quantitative estimate of drug-likeness (QED) is 0.246. The Labute approximate surface area is 202 Å². The van der Waals surface area contributed by atoms with Crippen LogP contribution in [-0.2, 0) is 16.0 Å². The van der Waals surface area contributed by atoms with Gasteiger partial charge in [-0.2, -0.15) is 4.68 Å². The fourth-order valence-electron chi connectivity index (χ4n) is 4.15. The Kier molecular flexibility index (Phi) is 8.80. The van der Waals surface area contributed by atoms with Gasteiger partial charge in [0.15, 0.2) is 0 Å². The van der Waals surface area contributed by atoms with Crippen LogP contribution in [0.3, 0.4) is 0 Å². The molecule has 2 amide bonds. The number of carbonyl (C=O) groups is 2. The van der Waals surface area contributed by atoms with Crippen LogP contribution < -0.4 is 22.3 Å². The zero-order valence-electron chi connectivity index (χ0n) is 19.8. The first kappa shape index (κ1) is 25.7. The Morgan fingerprint density at radius 3 is 2.17 bits per heavy atom. The summed E-state index contributed by atoms with van der Waals surface area (Å²) in [7, 11) is 0. The highest BCUT2D eigenvalue weighted by molar-refractivity contribution is 5.91. The summed E-state index contributed by atoms with van der Waals surface area (Å²) in [6.07, 6.45) is 1.96. The van der Waals surface area contributed by atoms with Gasteiger partial charge in [0.25, 0.3) is 0 Å². The number of hydroxylamine groups is 1. The smallest absolute Gasteiger partial charge is 0.289 e. The zero-order valence-corrected chi connectivity index (χ0v) is 19.8. The van der Waals surface area contributed by atoms with Gasteiger partial charge in [0, 0.05) is 0 Å². The van der Waals surface area contributed by atoms with Crippen molar-refractivity contribution in [3.8, 4) is 5.69 Å². The molecule has 0 saturated heterocycles. The molecular weight excluding hydrogens is 450 g/mol. The number of carbonyl (C=O) groups excluding carboxylic acids is 2. The molecule has 0 radical (unpaired) electrons. The minimum Gasteiger partial charge on any atom is -0.289 e. The average molecular weight is 482 g/mol. The first-order valence-electron chi connectivity index (χ1n) is 11.6. The number of benzene rings is 2. The summed E-state index contributed by atoms with van der Waals surface area (Å²) < 4.78 is 1.62. The van der Waals surface area contributed by atoms with Gasteiger partial charge in [-0.3, -0.25) is 20.2 Å². The van der Waals surface area contributed by atoms with Gasteiger partial charge in [-0.25, -0.2) is 20.2 Å². The summed E-state index contributed by atoms with van der Waals surface area (Å²) >= 11 is 0. The van der Waals surface area contributed by atoms with E-state index in [0.29, 0.717) is 36.0 Å². The van der Waals surface area contributed by atoms with Gasteiger partial charge in [-0.05, 0) is 49.3 Å². The second-order valence-corrected chi connectivity index (χ2v) is 8.88.